The maximum absolute atomic E-state index is 12.6. The lowest BCUT2D eigenvalue weighted by Gasteiger charge is -2.51. The first-order valence-corrected chi connectivity index (χ1v) is 9.12. The van der Waals surface area contributed by atoms with E-state index < -0.39 is 11.2 Å². The van der Waals surface area contributed by atoms with Crippen LogP contribution in [-0.4, -0.2) is 54.1 Å². The van der Waals surface area contributed by atoms with Crippen molar-refractivity contribution in [1.29, 1.82) is 0 Å². The molecule has 1 aromatic carbocycles. The number of morpholine rings is 1. The molecular weight excluding hydrogens is 334 g/mol. The Balaban J connectivity index is 1.79. The summed E-state index contributed by atoms with van der Waals surface area (Å²) in [5.41, 5.74) is 0.424. The standard InChI is InChI=1S/C20H29NO5/c1-19(2,3)26-18(22)21-16-9-20(23,10-17(21)13-25-12-16)15-7-5-14(6-8-15)11-24-4/h5-8,16-17,23H,9-13H2,1-4H3. The van der Waals surface area contributed by atoms with Crippen molar-refractivity contribution in [3.05, 3.63) is 35.4 Å². The average Bonchev–Trinajstić information content (AvgIpc) is 2.53. The van der Waals surface area contributed by atoms with E-state index in [-0.39, 0.29) is 18.2 Å². The smallest absolute Gasteiger partial charge is 0.410 e. The zero-order valence-electron chi connectivity index (χ0n) is 16.0. The summed E-state index contributed by atoms with van der Waals surface area (Å²) in [6.45, 7) is 6.96. The van der Waals surface area contributed by atoms with Gasteiger partial charge in [0.15, 0.2) is 0 Å². The molecule has 2 saturated heterocycles. The molecule has 6 nitrogen and oxygen atoms in total. The van der Waals surface area contributed by atoms with E-state index in [2.05, 4.69) is 0 Å². The quantitative estimate of drug-likeness (QED) is 0.894. The maximum Gasteiger partial charge on any atom is 0.410 e. The van der Waals surface area contributed by atoms with Crippen molar-refractivity contribution < 1.29 is 24.1 Å². The van der Waals surface area contributed by atoms with Gasteiger partial charge in [-0.15, -0.1) is 0 Å². The molecule has 2 bridgehead atoms. The number of carbonyl (C=O) groups excluding carboxylic acids is 1. The van der Waals surface area contributed by atoms with Crippen LogP contribution in [0.5, 0.6) is 0 Å². The molecule has 1 N–H and O–H groups in total. The molecule has 0 radical (unpaired) electrons. The molecule has 0 saturated carbocycles. The van der Waals surface area contributed by atoms with Crippen LogP contribution in [0.2, 0.25) is 0 Å². The Labute approximate surface area is 155 Å². The van der Waals surface area contributed by atoms with Crippen LogP contribution in [0, 0.1) is 0 Å². The summed E-state index contributed by atoms with van der Waals surface area (Å²) in [6.07, 6.45) is 0.548. The second-order valence-corrected chi connectivity index (χ2v) is 8.30. The first-order chi connectivity index (χ1) is 12.2. The lowest BCUT2D eigenvalue weighted by Crippen LogP contribution is -2.63. The maximum atomic E-state index is 12.6. The lowest BCUT2D eigenvalue weighted by atomic mass is 9.77. The molecule has 2 unspecified atom stereocenters. The molecule has 0 spiro atoms. The summed E-state index contributed by atoms with van der Waals surface area (Å²) in [7, 11) is 1.66. The summed E-state index contributed by atoms with van der Waals surface area (Å²) in [6, 6.07) is 7.47. The number of amides is 1. The fourth-order valence-electron chi connectivity index (χ4n) is 3.90. The Kier molecular flexibility index (Phi) is 5.28. The van der Waals surface area contributed by atoms with Crippen LogP contribution in [0.3, 0.4) is 0 Å². The van der Waals surface area contributed by atoms with Gasteiger partial charge in [-0.05, 0) is 31.9 Å². The fraction of sp³-hybridized carbons (Fsp3) is 0.650. The van der Waals surface area contributed by atoms with Gasteiger partial charge in [-0.25, -0.2) is 4.79 Å². The number of hydrogen-bond donors (Lipinski definition) is 1. The molecule has 0 aliphatic carbocycles. The molecule has 3 rings (SSSR count). The molecule has 6 heteroatoms. The average molecular weight is 363 g/mol. The van der Waals surface area contributed by atoms with E-state index in [1.165, 1.54) is 0 Å². The molecule has 1 amide bonds. The first-order valence-electron chi connectivity index (χ1n) is 9.12. The molecule has 0 aromatic heterocycles. The van der Waals surface area contributed by atoms with Gasteiger partial charge >= 0.3 is 6.09 Å². The minimum atomic E-state index is -0.969. The zero-order valence-corrected chi connectivity index (χ0v) is 16.0. The van der Waals surface area contributed by atoms with Crippen LogP contribution in [0.25, 0.3) is 0 Å². The van der Waals surface area contributed by atoms with Gasteiger partial charge < -0.3 is 19.3 Å². The Bertz CT molecular complexity index is 623. The predicted octanol–water partition coefficient (Wildman–Crippen LogP) is 2.82. The number of piperidine rings is 1. The van der Waals surface area contributed by atoms with Crippen molar-refractivity contribution in [3.8, 4) is 0 Å². The van der Waals surface area contributed by atoms with E-state index in [0.717, 1.165) is 11.1 Å². The predicted molar refractivity (Wildman–Crippen MR) is 96.8 cm³/mol. The third kappa shape index (κ3) is 4.03. The number of ether oxygens (including phenoxy) is 3. The first kappa shape index (κ1) is 19.1. The highest BCUT2D eigenvalue weighted by molar-refractivity contribution is 5.69. The highest BCUT2D eigenvalue weighted by Gasteiger charge is 2.49. The fourth-order valence-corrected chi connectivity index (χ4v) is 3.90. The van der Waals surface area contributed by atoms with Crippen LogP contribution in [0.15, 0.2) is 24.3 Å². The van der Waals surface area contributed by atoms with Gasteiger partial charge in [-0.1, -0.05) is 24.3 Å². The van der Waals surface area contributed by atoms with Crippen LogP contribution >= 0.6 is 0 Å². The molecule has 2 atom stereocenters. The molecule has 2 aliphatic rings. The Hall–Kier alpha value is -1.63. The van der Waals surface area contributed by atoms with Gasteiger partial charge in [-0.3, -0.25) is 4.90 Å². The lowest BCUT2D eigenvalue weighted by molar-refractivity contribution is -0.141. The Morgan fingerprint density at radius 1 is 1.23 bits per heavy atom. The van der Waals surface area contributed by atoms with Crippen LogP contribution in [0.1, 0.15) is 44.7 Å². The highest BCUT2D eigenvalue weighted by Crippen LogP contribution is 2.41. The minimum Gasteiger partial charge on any atom is -0.444 e. The molecule has 2 fully saturated rings. The number of rotatable bonds is 3. The number of carbonyl (C=O) groups is 1. The van der Waals surface area contributed by atoms with Gasteiger partial charge in [0.1, 0.15) is 5.60 Å². The Morgan fingerprint density at radius 2 is 1.81 bits per heavy atom. The van der Waals surface area contributed by atoms with E-state index in [9.17, 15) is 9.90 Å². The van der Waals surface area contributed by atoms with E-state index >= 15 is 0 Å². The third-order valence-electron chi connectivity index (χ3n) is 4.96. The summed E-state index contributed by atoms with van der Waals surface area (Å²) >= 11 is 0. The monoisotopic (exact) mass is 363 g/mol. The number of nitrogens with zero attached hydrogens (tertiary/aromatic N) is 1. The van der Waals surface area contributed by atoms with Gasteiger partial charge in [0.25, 0.3) is 0 Å². The van der Waals surface area contributed by atoms with E-state index in [1.807, 2.05) is 45.0 Å². The number of fused-ring (bicyclic) bond motifs is 2. The SMILES string of the molecule is COCc1ccc(C2(O)CC3COCC(C2)N3C(=O)OC(C)(C)C)cc1. The van der Waals surface area contributed by atoms with E-state index in [1.54, 1.807) is 12.0 Å². The number of hydrogen-bond acceptors (Lipinski definition) is 5. The van der Waals surface area contributed by atoms with E-state index in [4.69, 9.17) is 14.2 Å². The van der Waals surface area contributed by atoms with Crippen LogP contribution in [0.4, 0.5) is 4.79 Å². The normalized spacial score (nSPS) is 28.7. The van der Waals surface area contributed by atoms with Crippen molar-refractivity contribution in [1.82, 2.24) is 4.90 Å². The molecular formula is C20H29NO5. The van der Waals surface area contributed by atoms with Crippen LogP contribution < -0.4 is 0 Å². The Morgan fingerprint density at radius 3 is 2.31 bits per heavy atom. The summed E-state index contributed by atoms with van der Waals surface area (Å²) in [4.78, 5) is 14.4. The molecule has 1 aromatic rings. The van der Waals surface area contributed by atoms with Crippen molar-refractivity contribution in [2.45, 2.75) is 63.5 Å². The van der Waals surface area contributed by atoms with Crippen molar-refractivity contribution >= 4 is 6.09 Å². The highest BCUT2D eigenvalue weighted by atomic mass is 16.6. The van der Waals surface area contributed by atoms with E-state index in [0.29, 0.717) is 32.7 Å². The van der Waals surface area contributed by atoms with Gasteiger partial charge in [0.2, 0.25) is 0 Å². The van der Waals surface area contributed by atoms with Gasteiger partial charge in [0.05, 0.1) is 37.5 Å². The molecule has 2 aliphatic heterocycles. The molecule has 144 valence electrons. The number of benzene rings is 1. The topological polar surface area (TPSA) is 68.2 Å². The largest absolute Gasteiger partial charge is 0.444 e. The number of aliphatic hydroxyl groups is 1. The summed E-state index contributed by atoms with van der Waals surface area (Å²) in [5, 5.41) is 11.3. The van der Waals surface area contributed by atoms with Crippen molar-refractivity contribution in [2.75, 3.05) is 20.3 Å². The molecule has 2 heterocycles. The minimum absolute atomic E-state index is 0.194. The second kappa shape index (κ2) is 7.18. The molecule has 26 heavy (non-hydrogen) atoms. The van der Waals surface area contributed by atoms with Gasteiger partial charge in [-0.2, -0.15) is 0 Å². The van der Waals surface area contributed by atoms with Crippen molar-refractivity contribution in [2.24, 2.45) is 0 Å². The number of methoxy groups -OCH3 is 1. The summed E-state index contributed by atoms with van der Waals surface area (Å²) < 4.78 is 16.4. The van der Waals surface area contributed by atoms with Gasteiger partial charge in [0, 0.05) is 20.0 Å². The third-order valence-corrected chi connectivity index (χ3v) is 4.96. The van der Waals surface area contributed by atoms with Crippen LogP contribution in [-0.2, 0) is 26.4 Å². The second-order valence-electron chi connectivity index (χ2n) is 8.30. The summed E-state index contributed by atoms with van der Waals surface area (Å²) in [5.74, 6) is 0. The van der Waals surface area contributed by atoms with Crippen molar-refractivity contribution in [3.63, 3.8) is 0 Å². The zero-order chi connectivity index (χ0) is 18.9.